The zero-order valence-electron chi connectivity index (χ0n) is 11.7. The molecule has 0 amide bonds. The second-order valence-electron chi connectivity index (χ2n) is 5.67. The fourth-order valence-electron chi connectivity index (χ4n) is 2.08. The van der Waals surface area contributed by atoms with Gasteiger partial charge in [-0.1, -0.05) is 20.8 Å². The van der Waals surface area contributed by atoms with Crippen LogP contribution in [0.5, 0.6) is 11.5 Å². The molecule has 3 heteroatoms. The van der Waals surface area contributed by atoms with Gasteiger partial charge < -0.3 is 13.9 Å². The maximum absolute atomic E-state index is 5.90. The third kappa shape index (κ3) is 2.45. The lowest BCUT2D eigenvalue weighted by molar-refractivity contribution is 0.346. The molecule has 1 aromatic heterocycles. The second-order valence-corrected chi connectivity index (χ2v) is 5.67. The van der Waals surface area contributed by atoms with Crippen molar-refractivity contribution in [1.29, 1.82) is 0 Å². The standard InChI is InChI=1S/C15H20O3/c1-15(2,3)9-11-8-10-6-7-12(16-4)14(17-5)13(10)18-11/h6-8H,9H2,1-5H3. The number of hydrogen-bond donors (Lipinski definition) is 0. The van der Waals surface area contributed by atoms with Crippen LogP contribution >= 0.6 is 0 Å². The van der Waals surface area contributed by atoms with Crippen LogP contribution in [0, 0.1) is 5.41 Å². The molecule has 0 unspecified atom stereocenters. The fourth-order valence-corrected chi connectivity index (χ4v) is 2.08. The molecule has 1 aromatic carbocycles. The lowest BCUT2D eigenvalue weighted by Crippen LogP contribution is -2.08. The van der Waals surface area contributed by atoms with E-state index in [0.29, 0.717) is 11.5 Å². The summed E-state index contributed by atoms with van der Waals surface area (Å²) in [5.41, 5.74) is 0.960. The number of benzene rings is 1. The van der Waals surface area contributed by atoms with E-state index in [1.165, 1.54) is 0 Å². The molecule has 0 spiro atoms. The zero-order chi connectivity index (χ0) is 13.3. The minimum atomic E-state index is 0.200. The van der Waals surface area contributed by atoms with E-state index in [2.05, 4.69) is 26.8 Å². The zero-order valence-corrected chi connectivity index (χ0v) is 11.7. The van der Waals surface area contributed by atoms with Crippen molar-refractivity contribution in [2.45, 2.75) is 27.2 Å². The van der Waals surface area contributed by atoms with Gasteiger partial charge in [-0.3, -0.25) is 0 Å². The van der Waals surface area contributed by atoms with Crippen LogP contribution < -0.4 is 9.47 Å². The number of fused-ring (bicyclic) bond motifs is 1. The van der Waals surface area contributed by atoms with Crippen molar-refractivity contribution >= 4 is 11.0 Å². The first kappa shape index (κ1) is 12.8. The molecular formula is C15H20O3. The molecule has 0 aliphatic heterocycles. The SMILES string of the molecule is COc1ccc2cc(CC(C)(C)C)oc2c1OC. The molecular weight excluding hydrogens is 228 g/mol. The van der Waals surface area contributed by atoms with Crippen LogP contribution in [0.2, 0.25) is 0 Å². The van der Waals surface area contributed by atoms with Crippen molar-refractivity contribution < 1.29 is 13.9 Å². The molecule has 0 radical (unpaired) electrons. The minimum Gasteiger partial charge on any atom is -0.493 e. The van der Waals surface area contributed by atoms with Crippen molar-refractivity contribution in [2.24, 2.45) is 5.41 Å². The third-order valence-corrected chi connectivity index (χ3v) is 2.78. The van der Waals surface area contributed by atoms with E-state index in [-0.39, 0.29) is 5.41 Å². The van der Waals surface area contributed by atoms with Gasteiger partial charge in [-0.15, -0.1) is 0 Å². The van der Waals surface area contributed by atoms with Crippen LogP contribution in [-0.2, 0) is 6.42 Å². The van der Waals surface area contributed by atoms with E-state index in [0.717, 1.165) is 23.2 Å². The van der Waals surface area contributed by atoms with Crippen LogP contribution in [0.3, 0.4) is 0 Å². The van der Waals surface area contributed by atoms with E-state index in [1.54, 1.807) is 14.2 Å². The molecule has 0 saturated carbocycles. The number of hydrogen-bond acceptors (Lipinski definition) is 3. The average Bonchev–Trinajstić information content (AvgIpc) is 2.66. The third-order valence-electron chi connectivity index (χ3n) is 2.78. The van der Waals surface area contributed by atoms with Gasteiger partial charge in [0, 0.05) is 11.8 Å². The molecule has 98 valence electrons. The molecule has 0 bridgehead atoms. The molecule has 1 heterocycles. The van der Waals surface area contributed by atoms with E-state index in [4.69, 9.17) is 13.9 Å². The van der Waals surface area contributed by atoms with Crippen molar-refractivity contribution in [3.05, 3.63) is 24.0 Å². The number of methoxy groups -OCH3 is 2. The Labute approximate surface area is 108 Å². The summed E-state index contributed by atoms with van der Waals surface area (Å²) in [5.74, 6) is 2.33. The van der Waals surface area contributed by atoms with Gasteiger partial charge in [-0.2, -0.15) is 0 Å². The molecule has 0 atom stereocenters. The number of ether oxygens (including phenoxy) is 2. The Morgan fingerprint density at radius 3 is 2.39 bits per heavy atom. The Bertz CT molecular complexity index is 547. The summed E-state index contributed by atoms with van der Waals surface area (Å²) in [6, 6.07) is 5.96. The van der Waals surface area contributed by atoms with Crippen LogP contribution in [0.4, 0.5) is 0 Å². The molecule has 2 aromatic rings. The summed E-state index contributed by atoms with van der Waals surface area (Å²) in [7, 11) is 3.26. The maximum atomic E-state index is 5.90. The quantitative estimate of drug-likeness (QED) is 0.821. The summed E-state index contributed by atoms with van der Waals surface area (Å²) >= 11 is 0. The topological polar surface area (TPSA) is 31.6 Å². The Kier molecular flexibility index (Phi) is 3.24. The first-order chi connectivity index (χ1) is 8.44. The molecule has 3 nitrogen and oxygen atoms in total. The predicted octanol–water partition coefficient (Wildman–Crippen LogP) is 4.04. The normalized spacial score (nSPS) is 11.8. The van der Waals surface area contributed by atoms with Crippen molar-refractivity contribution in [3.8, 4) is 11.5 Å². The van der Waals surface area contributed by atoms with Crippen LogP contribution in [0.1, 0.15) is 26.5 Å². The maximum Gasteiger partial charge on any atom is 0.204 e. The predicted molar refractivity (Wildman–Crippen MR) is 72.5 cm³/mol. The van der Waals surface area contributed by atoms with Gasteiger partial charge in [0.2, 0.25) is 5.75 Å². The Balaban J connectivity index is 2.50. The summed E-state index contributed by atoms with van der Waals surface area (Å²) in [5, 5.41) is 1.05. The van der Waals surface area contributed by atoms with Gasteiger partial charge in [0.15, 0.2) is 11.3 Å². The van der Waals surface area contributed by atoms with Crippen molar-refractivity contribution in [1.82, 2.24) is 0 Å². The lowest BCUT2D eigenvalue weighted by atomic mass is 9.91. The number of rotatable bonds is 3. The highest BCUT2D eigenvalue weighted by Gasteiger charge is 2.18. The van der Waals surface area contributed by atoms with E-state index < -0.39 is 0 Å². The smallest absolute Gasteiger partial charge is 0.204 e. The summed E-state index contributed by atoms with van der Waals surface area (Å²) < 4.78 is 16.5. The van der Waals surface area contributed by atoms with Gasteiger partial charge in [0.1, 0.15) is 5.76 Å². The molecule has 0 N–H and O–H groups in total. The summed E-state index contributed by atoms with van der Waals surface area (Å²) in [6.45, 7) is 6.58. The van der Waals surface area contributed by atoms with E-state index in [1.807, 2.05) is 12.1 Å². The van der Waals surface area contributed by atoms with Gasteiger partial charge in [-0.05, 0) is 23.6 Å². The van der Waals surface area contributed by atoms with Crippen LogP contribution in [-0.4, -0.2) is 14.2 Å². The first-order valence-electron chi connectivity index (χ1n) is 6.08. The van der Waals surface area contributed by atoms with Crippen LogP contribution in [0.15, 0.2) is 22.6 Å². The molecule has 0 fully saturated rings. The summed E-state index contributed by atoms with van der Waals surface area (Å²) in [6.07, 6.45) is 0.896. The van der Waals surface area contributed by atoms with E-state index in [9.17, 15) is 0 Å². The van der Waals surface area contributed by atoms with Gasteiger partial charge in [0.05, 0.1) is 14.2 Å². The molecule has 18 heavy (non-hydrogen) atoms. The Morgan fingerprint density at radius 1 is 1.11 bits per heavy atom. The van der Waals surface area contributed by atoms with Gasteiger partial charge in [-0.25, -0.2) is 0 Å². The largest absolute Gasteiger partial charge is 0.493 e. The monoisotopic (exact) mass is 248 g/mol. The molecule has 0 aliphatic rings. The lowest BCUT2D eigenvalue weighted by Gasteiger charge is -2.15. The highest BCUT2D eigenvalue weighted by Crippen LogP contribution is 2.38. The Hall–Kier alpha value is -1.64. The number of furan rings is 1. The van der Waals surface area contributed by atoms with Crippen molar-refractivity contribution in [3.63, 3.8) is 0 Å². The average molecular weight is 248 g/mol. The fraction of sp³-hybridized carbons (Fsp3) is 0.467. The second kappa shape index (κ2) is 4.56. The first-order valence-corrected chi connectivity index (χ1v) is 6.08. The van der Waals surface area contributed by atoms with E-state index >= 15 is 0 Å². The molecule has 2 rings (SSSR count). The van der Waals surface area contributed by atoms with Crippen LogP contribution in [0.25, 0.3) is 11.0 Å². The molecule has 0 aliphatic carbocycles. The van der Waals surface area contributed by atoms with Gasteiger partial charge in [0.25, 0.3) is 0 Å². The molecule has 0 saturated heterocycles. The highest BCUT2D eigenvalue weighted by molar-refractivity contribution is 5.86. The summed E-state index contributed by atoms with van der Waals surface area (Å²) in [4.78, 5) is 0. The highest BCUT2D eigenvalue weighted by atomic mass is 16.5. The Morgan fingerprint density at radius 2 is 1.83 bits per heavy atom. The van der Waals surface area contributed by atoms with Gasteiger partial charge >= 0.3 is 0 Å². The minimum absolute atomic E-state index is 0.200. The van der Waals surface area contributed by atoms with Crippen molar-refractivity contribution in [2.75, 3.05) is 14.2 Å².